The van der Waals surface area contributed by atoms with E-state index in [-0.39, 0.29) is 11.6 Å². The number of benzene rings is 2. The summed E-state index contributed by atoms with van der Waals surface area (Å²) in [4.78, 5) is 16.5. The van der Waals surface area contributed by atoms with Gasteiger partial charge in [0.25, 0.3) is 0 Å². The molecule has 2 aromatic carbocycles. The van der Waals surface area contributed by atoms with Crippen LogP contribution in [0.3, 0.4) is 0 Å². The van der Waals surface area contributed by atoms with E-state index in [1.54, 1.807) is 36.2 Å². The molecule has 28 heavy (non-hydrogen) atoms. The molecule has 0 aliphatic carbocycles. The second-order valence-electron chi connectivity index (χ2n) is 6.10. The molecule has 1 aromatic heterocycles. The second-order valence-corrected chi connectivity index (χ2v) is 6.51. The predicted octanol–water partition coefficient (Wildman–Crippen LogP) is 3.94. The van der Waals surface area contributed by atoms with E-state index in [2.05, 4.69) is 10.1 Å². The van der Waals surface area contributed by atoms with Gasteiger partial charge in [0, 0.05) is 16.8 Å². The molecule has 0 radical (unpaired) electrons. The molecule has 0 bridgehead atoms. The zero-order chi connectivity index (χ0) is 19.5. The molecule has 0 atom stereocenters. The van der Waals surface area contributed by atoms with E-state index in [4.69, 9.17) is 21.1 Å². The van der Waals surface area contributed by atoms with Gasteiger partial charge in [-0.25, -0.2) is 9.79 Å². The van der Waals surface area contributed by atoms with Crippen molar-refractivity contribution >= 4 is 29.5 Å². The molecule has 0 saturated heterocycles. The molecule has 1 aliphatic rings. The monoisotopic (exact) mass is 393 g/mol. The average molecular weight is 394 g/mol. The SMILES string of the molecule is COc1ccccc1C1=N/C(=C\c2cnn(Cc3ccccc3Cl)c2)C(=O)O1. The first-order chi connectivity index (χ1) is 13.6. The first-order valence-electron chi connectivity index (χ1n) is 8.56. The topological polar surface area (TPSA) is 65.7 Å². The number of hydrogen-bond donors (Lipinski definition) is 0. The molecule has 0 unspecified atom stereocenters. The smallest absolute Gasteiger partial charge is 0.363 e. The number of esters is 1. The molecule has 7 heteroatoms. The van der Waals surface area contributed by atoms with Gasteiger partial charge >= 0.3 is 5.97 Å². The summed E-state index contributed by atoms with van der Waals surface area (Å²) < 4.78 is 12.4. The van der Waals surface area contributed by atoms with Gasteiger partial charge < -0.3 is 9.47 Å². The van der Waals surface area contributed by atoms with Gasteiger partial charge in [-0.1, -0.05) is 41.9 Å². The molecule has 0 saturated carbocycles. The lowest BCUT2D eigenvalue weighted by molar-refractivity contribution is -0.129. The van der Waals surface area contributed by atoms with Gasteiger partial charge in [-0.3, -0.25) is 4.68 Å². The Morgan fingerprint density at radius 3 is 2.79 bits per heavy atom. The molecule has 1 aliphatic heterocycles. The van der Waals surface area contributed by atoms with E-state index in [1.165, 1.54) is 0 Å². The minimum Gasteiger partial charge on any atom is -0.496 e. The average Bonchev–Trinajstić information content (AvgIpc) is 3.30. The molecule has 0 amide bonds. The van der Waals surface area contributed by atoms with Gasteiger partial charge in [0.15, 0.2) is 5.70 Å². The van der Waals surface area contributed by atoms with Crippen LogP contribution in [0.15, 0.2) is 71.6 Å². The third-order valence-electron chi connectivity index (χ3n) is 4.20. The third kappa shape index (κ3) is 3.68. The standard InChI is InChI=1S/C21H16ClN3O3/c1-27-19-9-5-3-7-16(19)20-24-18(21(26)28-20)10-14-11-23-25(12-14)13-15-6-2-4-8-17(15)22/h2-12H,13H2,1H3/b18-10-. The van der Waals surface area contributed by atoms with Gasteiger partial charge in [0.1, 0.15) is 5.75 Å². The van der Waals surface area contributed by atoms with Crippen molar-refractivity contribution in [3.63, 3.8) is 0 Å². The van der Waals surface area contributed by atoms with Crippen LogP contribution in [-0.4, -0.2) is 28.8 Å². The quantitative estimate of drug-likeness (QED) is 0.486. The van der Waals surface area contributed by atoms with Gasteiger partial charge in [0.2, 0.25) is 5.90 Å². The molecule has 6 nitrogen and oxygen atoms in total. The van der Waals surface area contributed by atoms with Crippen molar-refractivity contribution in [1.82, 2.24) is 9.78 Å². The van der Waals surface area contributed by atoms with E-state index in [9.17, 15) is 4.79 Å². The normalized spacial score (nSPS) is 14.9. The van der Waals surface area contributed by atoms with Crippen molar-refractivity contribution in [2.45, 2.75) is 6.54 Å². The highest BCUT2D eigenvalue weighted by atomic mass is 35.5. The summed E-state index contributed by atoms with van der Waals surface area (Å²) in [5.41, 5.74) is 2.53. The zero-order valence-electron chi connectivity index (χ0n) is 15.0. The summed E-state index contributed by atoms with van der Waals surface area (Å²) in [6.45, 7) is 0.531. The zero-order valence-corrected chi connectivity index (χ0v) is 15.8. The first kappa shape index (κ1) is 18.0. The second kappa shape index (κ2) is 7.70. The number of hydrogen-bond acceptors (Lipinski definition) is 5. The minimum atomic E-state index is -0.514. The Bertz CT molecular complexity index is 1100. The number of cyclic esters (lactones) is 1. The number of methoxy groups -OCH3 is 1. The Kier molecular flexibility index (Phi) is 4.95. The minimum absolute atomic E-state index is 0.207. The molecule has 0 N–H and O–H groups in total. The van der Waals surface area contributed by atoms with Crippen LogP contribution >= 0.6 is 11.6 Å². The third-order valence-corrected chi connectivity index (χ3v) is 4.57. The van der Waals surface area contributed by atoms with E-state index in [1.807, 2.05) is 42.6 Å². The number of halogens is 1. The van der Waals surface area contributed by atoms with Crippen LogP contribution in [0.4, 0.5) is 0 Å². The van der Waals surface area contributed by atoms with E-state index >= 15 is 0 Å². The van der Waals surface area contributed by atoms with E-state index in [0.717, 1.165) is 11.1 Å². The molecule has 4 rings (SSSR count). The summed E-state index contributed by atoms with van der Waals surface area (Å²) in [5, 5.41) is 5.00. The predicted molar refractivity (Wildman–Crippen MR) is 106 cm³/mol. The largest absolute Gasteiger partial charge is 0.496 e. The number of nitrogens with zero attached hydrogens (tertiary/aromatic N) is 3. The Balaban J connectivity index is 1.57. The number of rotatable bonds is 5. The highest BCUT2D eigenvalue weighted by molar-refractivity contribution is 6.31. The lowest BCUT2D eigenvalue weighted by Crippen LogP contribution is -2.06. The van der Waals surface area contributed by atoms with Gasteiger partial charge in [-0.15, -0.1) is 0 Å². The molecule has 0 fully saturated rings. The van der Waals surface area contributed by atoms with Crippen molar-refractivity contribution in [2.75, 3.05) is 7.11 Å². The van der Waals surface area contributed by atoms with Crippen LogP contribution in [0.2, 0.25) is 5.02 Å². The lowest BCUT2D eigenvalue weighted by Gasteiger charge is -2.05. The van der Waals surface area contributed by atoms with Gasteiger partial charge in [0.05, 0.1) is 25.4 Å². The number of aromatic nitrogens is 2. The van der Waals surface area contributed by atoms with Gasteiger partial charge in [-0.05, 0) is 29.8 Å². The van der Waals surface area contributed by atoms with Crippen LogP contribution in [-0.2, 0) is 16.1 Å². The van der Waals surface area contributed by atoms with Crippen LogP contribution < -0.4 is 4.74 Å². The Morgan fingerprint density at radius 1 is 1.18 bits per heavy atom. The van der Waals surface area contributed by atoms with Crippen molar-refractivity contribution < 1.29 is 14.3 Å². The number of carbonyl (C=O) groups excluding carboxylic acids is 1. The number of aliphatic imine (C=N–C) groups is 1. The van der Waals surface area contributed by atoms with Crippen LogP contribution in [0.25, 0.3) is 6.08 Å². The molecule has 140 valence electrons. The van der Waals surface area contributed by atoms with Crippen LogP contribution in [0.1, 0.15) is 16.7 Å². The molecular formula is C21H16ClN3O3. The fourth-order valence-electron chi connectivity index (χ4n) is 2.85. The van der Waals surface area contributed by atoms with Crippen LogP contribution in [0.5, 0.6) is 5.75 Å². The van der Waals surface area contributed by atoms with E-state index in [0.29, 0.717) is 22.9 Å². The van der Waals surface area contributed by atoms with Crippen molar-refractivity contribution in [2.24, 2.45) is 4.99 Å². The summed E-state index contributed by atoms with van der Waals surface area (Å²) >= 11 is 6.19. The fraction of sp³-hybridized carbons (Fsp3) is 0.0952. The van der Waals surface area contributed by atoms with Crippen LogP contribution in [0, 0.1) is 0 Å². The summed E-state index contributed by atoms with van der Waals surface area (Å²) in [6, 6.07) is 14.8. The number of carbonyl (C=O) groups is 1. The maximum atomic E-state index is 12.2. The molecule has 3 aromatic rings. The molecule has 0 spiro atoms. The first-order valence-corrected chi connectivity index (χ1v) is 8.93. The Morgan fingerprint density at radius 2 is 1.96 bits per heavy atom. The van der Waals surface area contributed by atoms with E-state index < -0.39 is 5.97 Å². The maximum absolute atomic E-state index is 12.2. The fourth-order valence-corrected chi connectivity index (χ4v) is 3.04. The number of ether oxygens (including phenoxy) is 2. The molecular weight excluding hydrogens is 378 g/mol. The maximum Gasteiger partial charge on any atom is 0.363 e. The summed E-state index contributed by atoms with van der Waals surface area (Å²) in [5.74, 6) is 0.291. The van der Waals surface area contributed by atoms with Gasteiger partial charge in [-0.2, -0.15) is 5.10 Å². The Labute approximate surface area is 166 Å². The Hall–Kier alpha value is -3.38. The highest BCUT2D eigenvalue weighted by Crippen LogP contribution is 2.25. The lowest BCUT2D eigenvalue weighted by atomic mass is 10.2. The van der Waals surface area contributed by atoms with Crippen molar-refractivity contribution in [1.29, 1.82) is 0 Å². The number of para-hydroxylation sites is 1. The summed E-state index contributed by atoms with van der Waals surface area (Å²) in [6.07, 6.45) is 5.12. The van der Waals surface area contributed by atoms with Crippen molar-refractivity contribution in [3.05, 3.63) is 88.3 Å². The highest BCUT2D eigenvalue weighted by Gasteiger charge is 2.26. The summed E-state index contributed by atoms with van der Waals surface area (Å²) in [7, 11) is 1.56. The molecule has 2 heterocycles. The van der Waals surface area contributed by atoms with Crippen molar-refractivity contribution in [3.8, 4) is 5.75 Å².